The number of ether oxygens (including phenoxy) is 1. The molecular formula is C16H20F3NO. The normalized spacial score (nSPS) is 11.2. The summed E-state index contributed by atoms with van der Waals surface area (Å²) in [4.78, 5) is 0. The van der Waals surface area contributed by atoms with Crippen molar-refractivity contribution in [2.75, 3.05) is 6.61 Å². The van der Waals surface area contributed by atoms with E-state index in [1.165, 1.54) is 25.3 Å². The molecule has 2 nitrogen and oxygen atoms in total. The standard InChI is InChI=1S/C16H20F3NO/c1-2-3-4-5-6-7-10-21-14-9-8-13(12-20)15(11-14)16(17,18)19/h8-9,11H,2-7,10H2,1H3. The van der Waals surface area contributed by atoms with Gasteiger partial charge in [-0.3, -0.25) is 0 Å². The SMILES string of the molecule is CCCCCCCCOc1ccc(C#N)c(C(F)(F)F)c1. The lowest BCUT2D eigenvalue weighted by Gasteiger charge is -2.11. The molecule has 0 saturated carbocycles. The Bertz CT molecular complexity index is 477. The number of alkyl halides is 3. The third kappa shape index (κ3) is 6.07. The first kappa shape index (κ1) is 17.4. The predicted molar refractivity (Wildman–Crippen MR) is 75.0 cm³/mol. The zero-order valence-electron chi connectivity index (χ0n) is 12.2. The Morgan fingerprint density at radius 1 is 1.10 bits per heavy atom. The number of nitriles is 1. The number of unbranched alkanes of at least 4 members (excludes halogenated alkanes) is 5. The molecule has 0 N–H and O–H groups in total. The molecule has 0 unspecified atom stereocenters. The van der Waals surface area contributed by atoms with Crippen LogP contribution in [0.2, 0.25) is 0 Å². The molecule has 0 fully saturated rings. The van der Waals surface area contributed by atoms with Crippen molar-refractivity contribution in [2.24, 2.45) is 0 Å². The van der Waals surface area contributed by atoms with E-state index in [9.17, 15) is 13.2 Å². The Labute approximate surface area is 123 Å². The van der Waals surface area contributed by atoms with Crippen molar-refractivity contribution in [1.82, 2.24) is 0 Å². The maximum Gasteiger partial charge on any atom is 0.417 e. The van der Waals surface area contributed by atoms with Crippen LogP contribution in [0.25, 0.3) is 0 Å². The van der Waals surface area contributed by atoms with Gasteiger partial charge in [0.15, 0.2) is 0 Å². The molecule has 0 atom stereocenters. The van der Waals surface area contributed by atoms with Crippen LogP contribution in [0, 0.1) is 11.3 Å². The van der Waals surface area contributed by atoms with Crippen molar-refractivity contribution >= 4 is 0 Å². The summed E-state index contributed by atoms with van der Waals surface area (Å²) in [6.07, 6.45) is 2.01. The molecule has 1 aromatic rings. The average molecular weight is 299 g/mol. The molecule has 5 heteroatoms. The Kier molecular flexibility index (Phi) is 7.07. The van der Waals surface area contributed by atoms with E-state index in [2.05, 4.69) is 6.92 Å². The predicted octanol–water partition coefficient (Wildman–Crippen LogP) is 5.32. The van der Waals surface area contributed by atoms with E-state index in [0.29, 0.717) is 6.61 Å². The third-order valence-corrected chi connectivity index (χ3v) is 3.18. The summed E-state index contributed by atoms with van der Waals surface area (Å²) in [5.74, 6) is 0.162. The zero-order valence-corrected chi connectivity index (χ0v) is 12.2. The van der Waals surface area contributed by atoms with Crippen LogP contribution in [-0.4, -0.2) is 6.61 Å². The lowest BCUT2D eigenvalue weighted by molar-refractivity contribution is -0.137. The van der Waals surface area contributed by atoms with Crippen LogP contribution in [0.4, 0.5) is 13.2 Å². The molecule has 1 rings (SSSR count). The van der Waals surface area contributed by atoms with Crippen LogP contribution >= 0.6 is 0 Å². The first-order valence-corrected chi connectivity index (χ1v) is 7.23. The van der Waals surface area contributed by atoms with Crippen LogP contribution in [0.3, 0.4) is 0 Å². The number of benzene rings is 1. The second kappa shape index (κ2) is 8.56. The fourth-order valence-corrected chi connectivity index (χ4v) is 2.02. The fourth-order valence-electron chi connectivity index (χ4n) is 2.02. The van der Waals surface area contributed by atoms with Crippen molar-refractivity contribution in [3.05, 3.63) is 29.3 Å². The first-order valence-electron chi connectivity index (χ1n) is 7.23. The minimum atomic E-state index is -4.54. The van der Waals surface area contributed by atoms with Crippen molar-refractivity contribution in [3.63, 3.8) is 0 Å². The van der Waals surface area contributed by atoms with Gasteiger partial charge in [0, 0.05) is 0 Å². The van der Waals surface area contributed by atoms with Gasteiger partial charge >= 0.3 is 6.18 Å². The van der Waals surface area contributed by atoms with Crippen molar-refractivity contribution in [3.8, 4) is 11.8 Å². The summed E-state index contributed by atoms with van der Waals surface area (Å²) in [6, 6.07) is 5.01. The molecule has 0 radical (unpaired) electrons. The van der Waals surface area contributed by atoms with Gasteiger partial charge in [-0.15, -0.1) is 0 Å². The summed E-state index contributed by atoms with van der Waals surface area (Å²) in [5.41, 5.74) is -1.32. The molecule has 0 spiro atoms. The highest BCUT2D eigenvalue weighted by molar-refractivity contribution is 5.44. The van der Waals surface area contributed by atoms with Crippen molar-refractivity contribution in [1.29, 1.82) is 5.26 Å². The third-order valence-electron chi connectivity index (χ3n) is 3.18. The van der Waals surface area contributed by atoms with E-state index < -0.39 is 11.7 Å². The van der Waals surface area contributed by atoms with Crippen LogP contribution in [0.15, 0.2) is 18.2 Å². The number of hydrogen-bond acceptors (Lipinski definition) is 2. The van der Waals surface area contributed by atoms with Gasteiger partial charge in [0.1, 0.15) is 5.75 Å². The Morgan fingerprint density at radius 3 is 2.38 bits per heavy atom. The highest BCUT2D eigenvalue weighted by atomic mass is 19.4. The highest BCUT2D eigenvalue weighted by Gasteiger charge is 2.34. The second-order valence-electron chi connectivity index (χ2n) is 4.93. The minimum absolute atomic E-state index is 0.162. The summed E-state index contributed by atoms with van der Waals surface area (Å²) in [7, 11) is 0. The molecule has 0 heterocycles. The van der Waals surface area contributed by atoms with Gasteiger partial charge in [-0.1, -0.05) is 39.0 Å². The number of rotatable bonds is 8. The molecule has 21 heavy (non-hydrogen) atoms. The molecule has 0 aromatic heterocycles. The lowest BCUT2D eigenvalue weighted by atomic mass is 10.1. The molecule has 0 aliphatic rings. The fraction of sp³-hybridized carbons (Fsp3) is 0.562. The van der Waals surface area contributed by atoms with Gasteiger partial charge in [0.05, 0.1) is 23.8 Å². The Balaban J connectivity index is 2.48. The van der Waals surface area contributed by atoms with E-state index in [1.54, 1.807) is 6.07 Å². The highest BCUT2D eigenvalue weighted by Crippen LogP contribution is 2.34. The zero-order chi connectivity index (χ0) is 15.7. The van der Waals surface area contributed by atoms with Crippen molar-refractivity contribution < 1.29 is 17.9 Å². The number of nitrogens with zero attached hydrogens (tertiary/aromatic N) is 1. The van der Waals surface area contributed by atoms with Gasteiger partial charge < -0.3 is 4.74 Å². The molecule has 116 valence electrons. The van der Waals surface area contributed by atoms with Gasteiger partial charge in [-0.05, 0) is 24.6 Å². The smallest absolute Gasteiger partial charge is 0.417 e. The Hall–Kier alpha value is -1.70. The quantitative estimate of drug-likeness (QED) is 0.609. The summed E-state index contributed by atoms with van der Waals surface area (Å²) < 4.78 is 43.6. The molecule has 0 amide bonds. The largest absolute Gasteiger partial charge is 0.494 e. The van der Waals surface area contributed by atoms with E-state index >= 15 is 0 Å². The van der Waals surface area contributed by atoms with Crippen molar-refractivity contribution in [2.45, 2.75) is 51.6 Å². The summed E-state index contributed by atoms with van der Waals surface area (Å²) in [5, 5.41) is 8.70. The van der Waals surface area contributed by atoms with Gasteiger partial charge in [-0.2, -0.15) is 18.4 Å². The summed E-state index contributed by atoms with van der Waals surface area (Å²) >= 11 is 0. The van der Waals surface area contributed by atoms with Crippen LogP contribution in [0.1, 0.15) is 56.6 Å². The maximum atomic E-state index is 12.8. The maximum absolute atomic E-state index is 12.8. The van der Waals surface area contributed by atoms with E-state index in [4.69, 9.17) is 10.00 Å². The lowest BCUT2D eigenvalue weighted by Crippen LogP contribution is -2.08. The molecule has 0 aliphatic heterocycles. The van der Waals surface area contributed by atoms with Gasteiger partial charge in [0.25, 0.3) is 0 Å². The second-order valence-corrected chi connectivity index (χ2v) is 4.93. The van der Waals surface area contributed by atoms with E-state index in [1.807, 2.05) is 0 Å². The van der Waals surface area contributed by atoms with E-state index in [0.717, 1.165) is 31.4 Å². The van der Waals surface area contributed by atoms with Crippen LogP contribution in [0.5, 0.6) is 5.75 Å². The Morgan fingerprint density at radius 2 is 1.76 bits per heavy atom. The van der Waals surface area contributed by atoms with Gasteiger partial charge in [0.2, 0.25) is 0 Å². The monoisotopic (exact) mass is 299 g/mol. The van der Waals surface area contributed by atoms with Crippen LogP contribution in [-0.2, 0) is 6.18 Å². The minimum Gasteiger partial charge on any atom is -0.494 e. The number of hydrogen-bond donors (Lipinski definition) is 0. The van der Waals surface area contributed by atoms with Crippen LogP contribution < -0.4 is 4.74 Å². The topological polar surface area (TPSA) is 33.0 Å². The van der Waals surface area contributed by atoms with Gasteiger partial charge in [-0.25, -0.2) is 0 Å². The molecular weight excluding hydrogens is 279 g/mol. The number of halogens is 3. The molecule has 0 saturated heterocycles. The first-order chi connectivity index (χ1) is 9.99. The molecule has 0 bridgehead atoms. The average Bonchev–Trinajstić information content (AvgIpc) is 2.45. The molecule has 1 aromatic carbocycles. The van der Waals surface area contributed by atoms with E-state index in [-0.39, 0.29) is 11.3 Å². The molecule has 0 aliphatic carbocycles. The summed E-state index contributed by atoms with van der Waals surface area (Å²) in [6.45, 7) is 2.54.